The van der Waals surface area contributed by atoms with Crippen LogP contribution in [0.2, 0.25) is 10.0 Å². The Morgan fingerprint density at radius 1 is 0.963 bits per heavy atom. The average Bonchev–Trinajstić information content (AvgIpc) is 2.60. The quantitative estimate of drug-likeness (QED) is 0.325. The number of aromatic nitrogens is 2. The molecular weight excluding hydrogens is 399 g/mol. The fourth-order valence-corrected chi connectivity index (χ4v) is 3.63. The molecule has 0 atom stereocenters. The molecule has 3 rings (SSSR count). The van der Waals surface area contributed by atoms with Gasteiger partial charge >= 0.3 is 0 Å². The highest BCUT2D eigenvalue weighted by molar-refractivity contribution is 7.98. The van der Waals surface area contributed by atoms with Crippen LogP contribution in [0.4, 0.5) is 0 Å². The fraction of sp³-hybridized carbons (Fsp3) is 0.238. The SMILES string of the molecule is CC(C)(C)c1cc(Oc2cccc(Cl)c2)nc(SCc2ccccc2Cl)n1. The first-order valence-electron chi connectivity index (χ1n) is 8.50. The number of ether oxygens (including phenoxy) is 1. The van der Waals surface area contributed by atoms with Crippen molar-refractivity contribution < 1.29 is 4.74 Å². The van der Waals surface area contributed by atoms with Gasteiger partial charge < -0.3 is 4.74 Å². The Bertz CT molecular complexity index is 941. The summed E-state index contributed by atoms with van der Waals surface area (Å²) in [5.41, 5.74) is 1.83. The normalized spacial score (nSPS) is 11.4. The van der Waals surface area contributed by atoms with Gasteiger partial charge in [0.15, 0.2) is 5.16 Å². The summed E-state index contributed by atoms with van der Waals surface area (Å²) in [4.78, 5) is 9.27. The van der Waals surface area contributed by atoms with E-state index in [1.807, 2.05) is 42.5 Å². The van der Waals surface area contributed by atoms with Gasteiger partial charge in [0.25, 0.3) is 0 Å². The molecule has 0 radical (unpaired) electrons. The van der Waals surface area contributed by atoms with Crippen LogP contribution < -0.4 is 4.74 Å². The van der Waals surface area contributed by atoms with E-state index >= 15 is 0 Å². The van der Waals surface area contributed by atoms with Gasteiger partial charge in [-0.3, -0.25) is 0 Å². The molecule has 0 N–H and O–H groups in total. The van der Waals surface area contributed by atoms with Crippen LogP contribution in [0.5, 0.6) is 11.6 Å². The first kappa shape index (κ1) is 20.0. The zero-order chi connectivity index (χ0) is 19.4. The second kappa shape index (κ2) is 8.51. The number of nitrogens with zero attached hydrogens (tertiary/aromatic N) is 2. The maximum atomic E-state index is 6.26. The largest absolute Gasteiger partial charge is 0.439 e. The fourth-order valence-electron chi connectivity index (χ4n) is 2.31. The second-order valence-corrected chi connectivity index (χ2v) is 8.85. The maximum Gasteiger partial charge on any atom is 0.223 e. The lowest BCUT2D eigenvalue weighted by Crippen LogP contribution is -2.14. The molecule has 0 saturated heterocycles. The maximum absolute atomic E-state index is 6.26. The molecule has 1 heterocycles. The van der Waals surface area contributed by atoms with Crippen molar-refractivity contribution in [3.63, 3.8) is 0 Å². The Morgan fingerprint density at radius 3 is 2.44 bits per heavy atom. The van der Waals surface area contributed by atoms with E-state index in [1.165, 1.54) is 11.8 Å². The van der Waals surface area contributed by atoms with Gasteiger partial charge in [-0.25, -0.2) is 4.98 Å². The van der Waals surface area contributed by atoms with Crippen molar-refractivity contribution in [3.8, 4) is 11.6 Å². The summed E-state index contributed by atoms with van der Waals surface area (Å²) in [6.45, 7) is 6.34. The Morgan fingerprint density at radius 2 is 1.74 bits per heavy atom. The van der Waals surface area contributed by atoms with Crippen LogP contribution in [-0.4, -0.2) is 9.97 Å². The third-order valence-corrected chi connectivity index (χ3v) is 5.28. The van der Waals surface area contributed by atoms with Crippen molar-refractivity contribution >= 4 is 35.0 Å². The number of hydrogen-bond donors (Lipinski definition) is 0. The molecular formula is C21H20Cl2N2OS. The van der Waals surface area contributed by atoms with Crippen LogP contribution in [0.1, 0.15) is 32.0 Å². The summed E-state index contributed by atoms with van der Waals surface area (Å²) in [7, 11) is 0. The van der Waals surface area contributed by atoms with Gasteiger partial charge in [0, 0.05) is 27.3 Å². The Labute approximate surface area is 174 Å². The third-order valence-electron chi connectivity index (χ3n) is 3.78. The smallest absolute Gasteiger partial charge is 0.223 e. The van der Waals surface area contributed by atoms with E-state index in [1.54, 1.807) is 12.1 Å². The molecule has 0 saturated carbocycles. The van der Waals surface area contributed by atoms with Crippen LogP contribution in [0.3, 0.4) is 0 Å². The summed E-state index contributed by atoms with van der Waals surface area (Å²) < 4.78 is 5.94. The van der Waals surface area contributed by atoms with E-state index in [4.69, 9.17) is 32.9 Å². The van der Waals surface area contributed by atoms with Crippen molar-refractivity contribution in [3.05, 3.63) is 75.9 Å². The second-order valence-electron chi connectivity index (χ2n) is 7.06. The summed E-state index contributed by atoms with van der Waals surface area (Å²) >= 11 is 13.8. The minimum atomic E-state index is -0.130. The molecule has 0 fully saturated rings. The van der Waals surface area contributed by atoms with Crippen LogP contribution in [0.25, 0.3) is 0 Å². The summed E-state index contributed by atoms with van der Waals surface area (Å²) in [5.74, 6) is 1.83. The molecule has 3 nitrogen and oxygen atoms in total. The average molecular weight is 419 g/mol. The third kappa shape index (κ3) is 5.61. The zero-order valence-corrected chi connectivity index (χ0v) is 17.7. The van der Waals surface area contributed by atoms with E-state index in [2.05, 4.69) is 25.8 Å². The highest BCUT2D eigenvalue weighted by atomic mass is 35.5. The van der Waals surface area contributed by atoms with Crippen molar-refractivity contribution in [1.29, 1.82) is 0 Å². The molecule has 0 aliphatic rings. The summed E-state index contributed by atoms with van der Waals surface area (Å²) in [6.07, 6.45) is 0. The molecule has 2 aromatic carbocycles. The highest BCUT2D eigenvalue weighted by Gasteiger charge is 2.19. The standard InChI is InChI=1S/C21H20Cl2N2OS/c1-21(2,3)18-12-19(26-16-9-6-8-15(22)11-16)25-20(24-18)27-13-14-7-4-5-10-17(14)23/h4-12H,13H2,1-3H3. The molecule has 0 unspecified atom stereocenters. The van der Waals surface area contributed by atoms with E-state index in [9.17, 15) is 0 Å². The Kier molecular flexibility index (Phi) is 6.30. The zero-order valence-electron chi connectivity index (χ0n) is 15.4. The van der Waals surface area contributed by atoms with Crippen molar-refractivity contribution in [2.45, 2.75) is 37.1 Å². The predicted molar refractivity (Wildman–Crippen MR) is 113 cm³/mol. The van der Waals surface area contributed by atoms with Crippen LogP contribution in [0, 0.1) is 0 Å². The van der Waals surface area contributed by atoms with Gasteiger partial charge in [0.05, 0.1) is 5.69 Å². The number of thioether (sulfide) groups is 1. The lowest BCUT2D eigenvalue weighted by atomic mass is 9.92. The van der Waals surface area contributed by atoms with Gasteiger partial charge in [0.1, 0.15) is 5.75 Å². The predicted octanol–water partition coefficient (Wildman–Crippen LogP) is 7.17. The van der Waals surface area contributed by atoms with Crippen molar-refractivity contribution in [2.24, 2.45) is 0 Å². The van der Waals surface area contributed by atoms with Gasteiger partial charge in [-0.2, -0.15) is 4.98 Å². The topological polar surface area (TPSA) is 35.0 Å². The minimum Gasteiger partial charge on any atom is -0.439 e. The molecule has 0 amide bonds. The molecule has 1 aromatic heterocycles. The lowest BCUT2D eigenvalue weighted by molar-refractivity contribution is 0.447. The molecule has 0 aliphatic heterocycles. The van der Waals surface area contributed by atoms with Gasteiger partial charge in [-0.05, 0) is 29.8 Å². The Hall–Kier alpha value is -1.75. The van der Waals surface area contributed by atoms with Gasteiger partial charge in [-0.1, -0.05) is 80.0 Å². The molecule has 3 aromatic rings. The van der Waals surface area contributed by atoms with Gasteiger partial charge in [0.2, 0.25) is 5.88 Å². The van der Waals surface area contributed by atoms with Crippen LogP contribution in [0.15, 0.2) is 59.8 Å². The highest BCUT2D eigenvalue weighted by Crippen LogP contribution is 2.31. The van der Waals surface area contributed by atoms with Crippen LogP contribution >= 0.6 is 35.0 Å². The first-order chi connectivity index (χ1) is 12.8. The number of halogens is 2. The van der Waals surface area contributed by atoms with E-state index in [0.717, 1.165) is 16.3 Å². The van der Waals surface area contributed by atoms with E-state index < -0.39 is 0 Å². The molecule has 140 valence electrons. The Balaban J connectivity index is 1.87. The molecule has 0 aliphatic carbocycles. The number of benzene rings is 2. The number of rotatable bonds is 5. The molecule has 27 heavy (non-hydrogen) atoms. The number of hydrogen-bond acceptors (Lipinski definition) is 4. The van der Waals surface area contributed by atoms with Gasteiger partial charge in [-0.15, -0.1) is 0 Å². The summed E-state index contributed by atoms with van der Waals surface area (Å²) in [5, 5.41) is 2.01. The molecule has 0 spiro atoms. The molecule has 6 heteroatoms. The van der Waals surface area contributed by atoms with Crippen molar-refractivity contribution in [1.82, 2.24) is 9.97 Å². The summed E-state index contributed by atoms with van der Waals surface area (Å²) in [6, 6.07) is 16.9. The minimum absolute atomic E-state index is 0.130. The van der Waals surface area contributed by atoms with Crippen molar-refractivity contribution in [2.75, 3.05) is 0 Å². The first-order valence-corrected chi connectivity index (χ1v) is 10.2. The lowest BCUT2D eigenvalue weighted by Gasteiger charge is -2.19. The molecule has 0 bridgehead atoms. The van der Waals surface area contributed by atoms with E-state index in [0.29, 0.717) is 27.6 Å². The van der Waals surface area contributed by atoms with E-state index in [-0.39, 0.29) is 5.41 Å². The van der Waals surface area contributed by atoms with Crippen LogP contribution in [-0.2, 0) is 11.2 Å². The monoisotopic (exact) mass is 418 g/mol.